The highest BCUT2D eigenvalue weighted by atomic mass is 35.5. The zero-order valence-corrected chi connectivity index (χ0v) is 10.9. The van der Waals surface area contributed by atoms with Crippen LogP contribution in [0, 0.1) is 0 Å². The van der Waals surface area contributed by atoms with Crippen LogP contribution in [0.15, 0.2) is 22.8 Å². The fourth-order valence-corrected chi connectivity index (χ4v) is 2.31. The molecule has 6 heteroatoms. The first-order chi connectivity index (χ1) is 8.32. The van der Waals surface area contributed by atoms with E-state index < -0.39 is 23.7 Å². The lowest BCUT2D eigenvalue weighted by atomic mass is 9.78. The molecule has 0 radical (unpaired) electrons. The van der Waals surface area contributed by atoms with Gasteiger partial charge in [-0.3, -0.25) is 4.79 Å². The first kappa shape index (κ1) is 15.2. The Balaban J connectivity index is 3.01. The van der Waals surface area contributed by atoms with Crippen LogP contribution in [-0.2, 0) is 4.79 Å². The van der Waals surface area contributed by atoms with E-state index in [9.17, 15) is 15.0 Å². The van der Waals surface area contributed by atoms with E-state index in [4.69, 9.17) is 22.4 Å². The van der Waals surface area contributed by atoms with Crippen LogP contribution in [0.5, 0.6) is 0 Å². The number of hydrogen-bond acceptors (Lipinski definition) is 4. The number of nitrogens with two attached hydrogens (primary N) is 1. The predicted molar refractivity (Wildman–Crippen MR) is 68.1 cm³/mol. The second-order valence-corrected chi connectivity index (χ2v) is 4.91. The highest BCUT2D eigenvalue weighted by Gasteiger charge is 2.42. The highest BCUT2D eigenvalue weighted by Crippen LogP contribution is 2.37. The molecular formula is C12H18ClNO4. The topological polar surface area (TPSA) is 104 Å². The molecular weight excluding hydrogens is 258 g/mol. The van der Waals surface area contributed by atoms with Gasteiger partial charge >= 0.3 is 5.97 Å². The minimum Gasteiger partial charge on any atom is -0.480 e. The summed E-state index contributed by atoms with van der Waals surface area (Å²) in [5.41, 5.74) is 4.32. The number of hydrogen-bond donors (Lipinski definition) is 4. The smallest absolute Gasteiger partial charge is 0.320 e. The van der Waals surface area contributed by atoms with Crippen LogP contribution < -0.4 is 5.73 Å². The maximum absolute atomic E-state index is 10.7. The number of aliphatic hydroxyl groups excluding tert-OH is 1. The average Bonchev–Trinajstić information content (AvgIpc) is 2.30. The van der Waals surface area contributed by atoms with Gasteiger partial charge in [0, 0.05) is 5.03 Å². The summed E-state index contributed by atoms with van der Waals surface area (Å²) in [6.45, 7) is 1.85. The second kappa shape index (κ2) is 5.84. The Morgan fingerprint density at radius 1 is 1.61 bits per heavy atom. The highest BCUT2D eigenvalue weighted by molar-refractivity contribution is 6.30. The summed E-state index contributed by atoms with van der Waals surface area (Å²) in [6, 6.07) is -1.11. The summed E-state index contributed by atoms with van der Waals surface area (Å²) in [4.78, 5) is 10.7. The Morgan fingerprint density at radius 2 is 2.22 bits per heavy atom. The molecule has 0 aromatic heterocycles. The van der Waals surface area contributed by atoms with E-state index in [-0.39, 0.29) is 17.9 Å². The van der Waals surface area contributed by atoms with Crippen molar-refractivity contribution in [3.8, 4) is 0 Å². The molecule has 5 nitrogen and oxygen atoms in total. The fourth-order valence-electron chi connectivity index (χ4n) is 2.07. The molecule has 1 aliphatic carbocycles. The lowest BCUT2D eigenvalue weighted by molar-refractivity contribution is -0.138. The van der Waals surface area contributed by atoms with Crippen LogP contribution in [0.2, 0.25) is 0 Å². The molecule has 102 valence electrons. The van der Waals surface area contributed by atoms with Crippen LogP contribution >= 0.6 is 11.6 Å². The first-order valence-electron chi connectivity index (χ1n) is 5.78. The molecule has 0 aromatic rings. The van der Waals surface area contributed by atoms with E-state index in [1.54, 1.807) is 0 Å². The van der Waals surface area contributed by atoms with Crippen molar-refractivity contribution in [1.29, 1.82) is 0 Å². The number of rotatable bonds is 5. The largest absolute Gasteiger partial charge is 0.480 e. The van der Waals surface area contributed by atoms with Gasteiger partial charge in [0.1, 0.15) is 17.7 Å². The summed E-state index contributed by atoms with van der Waals surface area (Å²) in [5, 5.41) is 29.4. The van der Waals surface area contributed by atoms with Crippen LogP contribution in [0.1, 0.15) is 26.2 Å². The molecule has 1 rings (SSSR count). The van der Waals surface area contributed by atoms with Crippen molar-refractivity contribution in [2.75, 3.05) is 0 Å². The van der Waals surface area contributed by atoms with Crippen molar-refractivity contribution < 1.29 is 20.1 Å². The van der Waals surface area contributed by atoms with Crippen molar-refractivity contribution in [3.63, 3.8) is 0 Å². The summed E-state index contributed by atoms with van der Waals surface area (Å²) in [7, 11) is 0. The lowest BCUT2D eigenvalue weighted by Crippen LogP contribution is -2.47. The summed E-state index contributed by atoms with van der Waals surface area (Å²) in [5.74, 6) is -1.15. The molecule has 5 N–H and O–H groups in total. The van der Waals surface area contributed by atoms with Gasteiger partial charge in [-0.05, 0) is 24.5 Å². The number of carboxylic acid groups (broad SMARTS) is 1. The van der Waals surface area contributed by atoms with Crippen molar-refractivity contribution in [3.05, 3.63) is 22.8 Å². The zero-order valence-electron chi connectivity index (χ0n) is 10.1. The van der Waals surface area contributed by atoms with E-state index in [0.29, 0.717) is 12.0 Å². The summed E-state index contributed by atoms with van der Waals surface area (Å²) in [6.07, 6.45) is 2.64. The van der Waals surface area contributed by atoms with Crippen LogP contribution in [0.25, 0.3) is 0 Å². The van der Waals surface area contributed by atoms with Gasteiger partial charge in [-0.1, -0.05) is 31.0 Å². The van der Waals surface area contributed by atoms with Gasteiger partial charge in [-0.2, -0.15) is 0 Å². The standard InChI is InChI=1S/C12H18ClNO4/c1-2-5-12(18)7(6-9(14)11(16)17)3-4-8(13)10(12)15/h3-4,9-10,15,18H,2,5-6,14H2,1H3,(H,16,17)/t9-,10?,12?/m0/s1. The van der Waals surface area contributed by atoms with E-state index in [1.165, 1.54) is 12.2 Å². The predicted octanol–water partition coefficient (Wildman–Crippen LogP) is 0.743. The lowest BCUT2D eigenvalue weighted by Gasteiger charge is -2.38. The van der Waals surface area contributed by atoms with E-state index in [0.717, 1.165) is 0 Å². The van der Waals surface area contributed by atoms with Gasteiger partial charge in [0.2, 0.25) is 0 Å². The summed E-state index contributed by atoms with van der Waals surface area (Å²) >= 11 is 5.81. The maximum atomic E-state index is 10.7. The molecule has 2 unspecified atom stereocenters. The van der Waals surface area contributed by atoms with E-state index >= 15 is 0 Å². The SMILES string of the molecule is CCCC1(O)C(C[C@H](N)C(=O)O)=CC=C(Cl)C1O. The molecule has 0 aromatic carbocycles. The molecule has 18 heavy (non-hydrogen) atoms. The van der Waals surface area contributed by atoms with Crippen molar-refractivity contribution >= 4 is 17.6 Å². The van der Waals surface area contributed by atoms with Gasteiger partial charge in [-0.15, -0.1) is 0 Å². The number of halogens is 1. The molecule has 1 aliphatic rings. The van der Waals surface area contributed by atoms with Crippen LogP contribution in [-0.4, -0.2) is 39.0 Å². The normalized spacial score (nSPS) is 29.5. The Kier molecular flexibility index (Phi) is 4.92. The molecule has 0 spiro atoms. The quantitative estimate of drug-likeness (QED) is 0.593. The minimum atomic E-state index is -1.53. The zero-order chi connectivity index (χ0) is 13.9. The molecule has 0 saturated carbocycles. The van der Waals surface area contributed by atoms with Gasteiger partial charge in [0.05, 0.1) is 0 Å². The number of aliphatic carboxylic acids is 1. The van der Waals surface area contributed by atoms with E-state index in [2.05, 4.69) is 0 Å². The van der Waals surface area contributed by atoms with Gasteiger partial charge in [0.25, 0.3) is 0 Å². The number of carboxylic acids is 1. The number of carbonyl (C=O) groups is 1. The number of aliphatic hydroxyl groups is 2. The Bertz CT molecular complexity index is 394. The van der Waals surface area contributed by atoms with Crippen molar-refractivity contribution in [1.82, 2.24) is 0 Å². The third-order valence-corrected chi connectivity index (χ3v) is 3.43. The second-order valence-electron chi connectivity index (χ2n) is 4.47. The van der Waals surface area contributed by atoms with Crippen molar-refractivity contribution in [2.24, 2.45) is 5.73 Å². The molecule has 0 amide bonds. The minimum absolute atomic E-state index is 0.0242. The summed E-state index contributed by atoms with van der Waals surface area (Å²) < 4.78 is 0. The molecule has 0 aliphatic heterocycles. The molecule has 0 fully saturated rings. The van der Waals surface area contributed by atoms with Gasteiger partial charge in [0.15, 0.2) is 0 Å². The molecule has 0 saturated heterocycles. The Labute approximate surface area is 111 Å². The Hall–Kier alpha value is -0.880. The monoisotopic (exact) mass is 275 g/mol. The third kappa shape index (κ3) is 2.92. The molecule has 0 bridgehead atoms. The average molecular weight is 276 g/mol. The van der Waals surface area contributed by atoms with Crippen LogP contribution in [0.3, 0.4) is 0 Å². The maximum Gasteiger partial charge on any atom is 0.320 e. The van der Waals surface area contributed by atoms with Gasteiger partial charge in [-0.25, -0.2) is 0 Å². The van der Waals surface area contributed by atoms with E-state index in [1.807, 2.05) is 6.92 Å². The Morgan fingerprint density at radius 3 is 2.72 bits per heavy atom. The van der Waals surface area contributed by atoms with Crippen LogP contribution in [0.4, 0.5) is 0 Å². The molecule has 3 atom stereocenters. The molecule has 0 heterocycles. The fraction of sp³-hybridized carbons (Fsp3) is 0.583. The van der Waals surface area contributed by atoms with Crippen molar-refractivity contribution in [2.45, 2.75) is 43.9 Å². The van der Waals surface area contributed by atoms with Gasteiger partial charge < -0.3 is 21.1 Å². The third-order valence-electron chi connectivity index (χ3n) is 3.10. The number of allylic oxidation sites excluding steroid dienone is 2. The first-order valence-corrected chi connectivity index (χ1v) is 6.16.